The Morgan fingerprint density at radius 1 is 1.17 bits per heavy atom. The van der Waals surface area contributed by atoms with E-state index in [9.17, 15) is 0 Å². The molecule has 0 atom stereocenters. The number of nitrogens with zero attached hydrogens (tertiary/aromatic N) is 3. The molecule has 0 amide bonds. The fraction of sp³-hybridized carbons (Fsp3) is 0.0714. The zero-order valence-corrected chi connectivity index (χ0v) is 9.59. The van der Waals surface area contributed by atoms with Gasteiger partial charge in [-0.15, -0.1) is 0 Å². The summed E-state index contributed by atoms with van der Waals surface area (Å²) in [6.07, 6.45) is 4.24. The maximum absolute atomic E-state index is 9.02. The van der Waals surface area contributed by atoms with E-state index < -0.39 is 0 Å². The first-order valence-electron chi connectivity index (χ1n) is 5.63. The number of fused-ring (bicyclic) bond motifs is 1. The van der Waals surface area contributed by atoms with Crippen LogP contribution in [0.3, 0.4) is 0 Å². The van der Waals surface area contributed by atoms with E-state index in [0.29, 0.717) is 12.0 Å². The van der Waals surface area contributed by atoms with Gasteiger partial charge in [0.1, 0.15) is 17.4 Å². The number of nitrogens with one attached hydrogen (secondary N) is 1. The molecule has 4 heteroatoms. The molecule has 0 aliphatic rings. The van der Waals surface area contributed by atoms with Crippen LogP contribution in [-0.2, 0) is 6.42 Å². The summed E-state index contributed by atoms with van der Waals surface area (Å²) in [7, 11) is 0. The van der Waals surface area contributed by atoms with Gasteiger partial charge < -0.3 is 4.98 Å². The molecule has 0 spiro atoms. The topological polar surface area (TPSA) is 65.4 Å². The van der Waals surface area contributed by atoms with Crippen LogP contribution in [0.5, 0.6) is 0 Å². The van der Waals surface area contributed by atoms with Gasteiger partial charge in [0, 0.05) is 18.8 Å². The van der Waals surface area contributed by atoms with Crippen LogP contribution in [0, 0.1) is 11.3 Å². The number of imidazole rings is 1. The van der Waals surface area contributed by atoms with Crippen LogP contribution in [0.15, 0.2) is 42.7 Å². The third kappa shape index (κ3) is 1.82. The summed E-state index contributed by atoms with van der Waals surface area (Å²) in [4.78, 5) is 11.7. The van der Waals surface area contributed by atoms with Crippen molar-refractivity contribution < 1.29 is 0 Å². The second kappa shape index (κ2) is 4.30. The zero-order valence-electron chi connectivity index (χ0n) is 9.59. The molecular weight excluding hydrogens is 224 g/mol. The summed E-state index contributed by atoms with van der Waals surface area (Å²) in [6, 6.07) is 11.6. The van der Waals surface area contributed by atoms with Crippen molar-refractivity contribution in [3.8, 4) is 6.07 Å². The quantitative estimate of drug-likeness (QED) is 0.740. The van der Waals surface area contributed by atoms with E-state index in [4.69, 9.17) is 5.26 Å². The summed E-state index contributed by atoms with van der Waals surface area (Å²) in [6.45, 7) is 0. The largest absolute Gasteiger partial charge is 0.342 e. The smallest absolute Gasteiger partial charge is 0.111 e. The Labute approximate surface area is 104 Å². The lowest BCUT2D eigenvalue weighted by atomic mass is 10.2. The summed E-state index contributed by atoms with van der Waals surface area (Å²) in [5.41, 5.74) is 3.38. The Hall–Kier alpha value is -2.67. The molecule has 1 N–H and O–H groups in total. The van der Waals surface area contributed by atoms with E-state index in [1.807, 2.05) is 24.3 Å². The zero-order chi connectivity index (χ0) is 12.4. The number of nitriles is 1. The van der Waals surface area contributed by atoms with Gasteiger partial charge in [-0.3, -0.25) is 4.98 Å². The second-order valence-electron chi connectivity index (χ2n) is 4.03. The minimum absolute atomic E-state index is 0.602. The second-order valence-corrected chi connectivity index (χ2v) is 4.03. The molecule has 0 bridgehead atoms. The Kier molecular flexibility index (Phi) is 2.50. The molecule has 0 unspecified atom stereocenters. The fourth-order valence-electron chi connectivity index (χ4n) is 1.95. The number of para-hydroxylation sites is 1. The lowest BCUT2D eigenvalue weighted by Gasteiger charge is -1.95. The third-order valence-electron chi connectivity index (χ3n) is 2.80. The minimum Gasteiger partial charge on any atom is -0.342 e. The Morgan fingerprint density at radius 2 is 2.00 bits per heavy atom. The van der Waals surface area contributed by atoms with Crippen molar-refractivity contribution in [2.75, 3.05) is 0 Å². The number of aromatic nitrogens is 3. The first-order valence-corrected chi connectivity index (χ1v) is 5.63. The molecule has 1 aromatic carbocycles. The Bertz CT molecular complexity index is 722. The van der Waals surface area contributed by atoms with Crippen molar-refractivity contribution in [3.05, 3.63) is 59.7 Å². The van der Waals surface area contributed by atoms with Crippen LogP contribution >= 0.6 is 0 Å². The molecule has 3 aromatic rings. The fourth-order valence-corrected chi connectivity index (χ4v) is 1.95. The number of hydrogen-bond acceptors (Lipinski definition) is 3. The van der Waals surface area contributed by atoms with Gasteiger partial charge in [-0.25, -0.2) is 4.98 Å². The molecule has 3 rings (SSSR count). The summed E-state index contributed by atoms with van der Waals surface area (Å²) in [5, 5.41) is 9.02. The van der Waals surface area contributed by atoms with E-state index in [1.165, 1.54) is 0 Å². The molecule has 0 aliphatic carbocycles. The van der Waals surface area contributed by atoms with Crippen molar-refractivity contribution in [1.82, 2.24) is 15.0 Å². The number of H-pyrrole nitrogens is 1. The monoisotopic (exact) mass is 234 g/mol. The molecule has 86 valence electrons. The molecular formula is C14H10N4. The van der Waals surface area contributed by atoms with E-state index in [1.54, 1.807) is 18.5 Å². The van der Waals surface area contributed by atoms with E-state index in [0.717, 1.165) is 22.4 Å². The van der Waals surface area contributed by atoms with Gasteiger partial charge in [-0.1, -0.05) is 6.07 Å². The summed E-state index contributed by atoms with van der Waals surface area (Å²) < 4.78 is 0. The first-order chi connectivity index (χ1) is 8.86. The molecule has 0 radical (unpaired) electrons. The summed E-state index contributed by atoms with van der Waals surface area (Å²) in [5.74, 6) is 0.860. The van der Waals surface area contributed by atoms with Crippen LogP contribution in [0.2, 0.25) is 0 Å². The van der Waals surface area contributed by atoms with E-state index >= 15 is 0 Å². The SMILES string of the molecule is N#Cc1cccc2[nH]c(Cc3ccncc3)nc12. The van der Waals surface area contributed by atoms with Gasteiger partial charge in [0.25, 0.3) is 0 Å². The standard InChI is InChI=1S/C14H10N4/c15-9-11-2-1-3-12-14(11)18-13(17-12)8-10-4-6-16-7-5-10/h1-7H,8H2,(H,17,18). The van der Waals surface area contributed by atoms with Gasteiger partial charge in [0.2, 0.25) is 0 Å². The molecule has 0 aliphatic heterocycles. The van der Waals surface area contributed by atoms with E-state index in [-0.39, 0.29) is 0 Å². The van der Waals surface area contributed by atoms with Gasteiger partial charge in [0.15, 0.2) is 0 Å². The predicted octanol–water partition coefficient (Wildman–Crippen LogP) is 2.42. The van der Waals surface area contributed by atoms with Crippen molar-refractivity contribution in [3.63, 3.8) is 0 Å². The molecule has 4 nitrogen and oxygen atoms in total. The highest BCUT2D eigenvalue weighted by atomic mass is 14.9. The molecule has 0 fully saturated rings. The van der Waals surface area contributed by atoms with Crippen LogP contribution in [-0.4, -0.2) is 15.0 Å². The molecule has 2 heterocycles. The minimum atomic E-state index is 0.602. The predicted molar refractivity (Wildman–Crippen MR) is 67.9 cm³/mol. The van der Waals surface area contributed by atoms with Gasteiger partial charge in [-0.05, 0) is 29.8 Å². The van der Waals surface area contributed by atoms with Gasteiger partial charge >= 0.3 is 0 Å². The van der Waals surface area contributed by atoms with Crippen LogP contribution in [0.25, 0.3) is 11.0 Å². The third-order valence-corrected chi connectivity index (χ3v) is 2.80. The highest BCUT2D eigenvalue weighted by Gasteiger charge is 2.07. The maximum atomic E-state index is 9.02. The average molecular weight is 234 g/mol. The summed E-state index contributed by atoms with van der Waals surface area (Å²) >= 11 is 0. The number of aromatic amines is 1. The lowest BCUT2D eigenvalue weighted by Crippen LogP contribution is -1.90. The molecule has 2 aromatic heterocycles. The van der Waals surface area contributed by atoms with Gasteiger partial charge in [-0.2, -0.15) is 5.26 Å². The van der Waals surface area contributed by atoms with Crippen molar-refractivity contribution in [2.24, 2.45) is 0 Å². The Balaban J connectivity index is 2.02. The maximum Gasteiger partial charge on any atom is 0.111 e. The van der Waals surface area contributed by atoms with Crippen LogP contribution in [0.4, 0.5) is 0 Å². The van der Waals surface area contributed by atoms with Crippen molar-refractivity contribution in [1.29, 1.82) is 5.26 Å². The van der Waals surface area contributed by atoms with Crippen molar-refractivity contribution >= 4 is 11.0 Å². The highest BCUT2D eigenvalue weighted by Crippen LogP contribution is 2.17. The van der Waals surface area contributed by atoms with Crippen LogP contribution in [0.1, 0.15) is 17.0 Å². The molecule has 18 heavy (non-hydrogen) atoms. The van der Waals surface area contributed by atoms with Crippen molar-refractivity contribution in [2.45, 2.75) is 6.42 Å². The number of rotatable bonds is 2. The lowest BCUT2D eigenvalue weighted by molar-refractivity contribution is 1.03. The number of benzene rings is 1. The van der Waals surface area contributed by atoms with Crippen LogP contribution < -0.4 is 0 Å². The first kappa shape index (κ1) is 10.5. The normalized spacial score (nSPS) is 10.4. The average Bonchev–Trinajstić information content (AvgIpc) is 2.82. The highest BCUT2D eigenvalue weighted by molar-refractivity contribution is 5.81. The molecule has 0 saturated heterocycles. The molecule has 0 saturated carbocycles. The van der Waals surface area contributed by atoms with Gasteiger partial charge in [0.05, 0.1) is 11.1 Å². The number of hydrogen-bond donors (Lipinski definition) is 1. The number of pyridine rings is 1. The van der Waals surface area contributed by atoms with E-state index in [2.05, 4.69) is 21.0 Å². The Morgan fingerprint density at radius 3 is 2.78 bits per heavy atom.